The number of hydrogen-bond acceptors (Lipinski definition) is 2. The maximum atomic E-state index is 12.8. The van der Waals surface area contributed by atoms with Crippen molar-refractivity contribution in [3.05, 3.63) is 36.4 Å². The van der Waals surface area contributed by atoms with Gasteiger partial charge >= 0.3 is 0 Å². The molecule has 66 valence electrons. The van der Waals surface area contributed by atoms with Gasteiger partial charge in [-0.2, -0.15) is 5.10 Å². The molecule has 1 aromatic carbocycles. The number of phenols is 1. The molecule has 4 heteroatoms. The van der Waals surface area contributed by atoms with Gasteiger partial charge in [0.1, 0.15) is 11.6 Å². The molecule has 0 atom stereocenters. The molecule has 0 saturated heterocycles. The van der Waals surface area contributed by atoms with E-state index in [2.05, 4.69) is 10.2 Å². The van der Waals surface area contributed by atoms with Crippen molar-refractivity contribution in [2.75, 3.05) is 0 Å². The predicted molar refractivity (Wildman–Crippen MR) is 45.6 cm³/mol. The van der Waals surface area contributed by atoms with E-state index in [1.54, 1.807) is 6.20 Å². The third kappa shape index (κ3) is 1.38. The van der Waals surface area contributed by atoms with Crippen LogP contribution in [0.5, 0.6) is 5.75 Å². The Morgan fingerprint density at radius 3 is 2.92 bits per heavy atom. The van der Waals surface area contributed by atoms with Crippen molar-refractivity contribution >= 4 is 0 Å². The van der Waals surface area contributed by atoms with Gasteiger partial charge in [-0.25, -0.2) is 4.39 Å². The van der Waals surface area contributed by atoms with Crippen molar-refractivity contribution in [3.8, 4) is 16.9 Å². The third-order valence-corrected chi connectivity index (χ3v) is 1.77. The lowest BCUT2D eigenvalue weighted by molar-refractivity contribution is 0.475. The lowest BCUT2D eigenvalue weighted by Crippen LogP contribution is -1.79. The van der Waals surface area contributed by atoms with E-state index in [1.165, 1.54) is 24.4 Å². The zero-order chi connectivity index (χ0) is 9.26. The highest BCUT2D eigenvalue weighted by Gasteiger charge is 2.05. The Hall–Kier alpha value is -1.84. The third-order valence-electron chi connectivity index (χ3n) is 1.77. The van der Waals surface area contributed by atoms with Gasteiger partial charge in [0.2, 0.25) is 0 Å². The molecular formula is C9H7FN2O. The van der Waals surface area contributed by atoms with Crippen LogP contribution >= 0.6 is 0 Å². The molecule has 1 aromatic heterocycles. The Labute approximate surface area is 73.8 Å². The molecule has 2 aromatic rings. The average Bonchev–Trinajstić information content (AvgIpc) is 2.61. The van der Waals surface area contributed by atoms with Crippen LogP contribution in [0.4, 0.5) is 4.39 Å². The van der Waals surface area contributed by atoms with Gasteiger partial charge in [0.05, 0.1) is 6.20 Å². The minimum absolute atomic E-state index is 0.0443. The quantitative estimate of drug-likeness (QED) is 0.700. The molecule has 1 heterocycles. The fraction of sp³-hybridized carbons (Fsp3) is 0. The minimum atomic E-state index is -0.381. The first-order valence-electron chi connectivity index (χ1n) is 3.75. The Morgan fingerprint density at radius 1 is 1.38 bits per heavy atom. The summed E-state index contributed by atoms with van der Waals surface area (Å²) in [6, 6.07) is 3.79. The highest BCUT2D eigenvalue weighted by atomic mass is 19.1. The lowest BCUT2D eigenvalue weighted by atomic mass is 10.1. The van der Waals surface area contributed by atoms with Gasteiger partial charge in [0, 0.05) is 17.3 Å². The van der Waals surface area contributed by atoms with Crippen molar-refractivity contribution in [2.45, 2.75) is 0 Å². The first kappa shape index (κ1) is 7.79. The number of aromatic hydroxyl groups is 1. The van der Waals surface area contributed by atoms with Crippen LogP contribution < -0.4 is 0 Å². The van der Waals surface area contributed by atoms with Crippen molar-refractivity contribution < 1.29 is 9.50 Å². The number of benzene rings is 1. The monoisotopic (exact) mass is 178 g/mol. The summed E-state index contributed by atoms with van der Waals surface area (Å²) in [7, 11) is 0. The summed E-state index contributed by atoms with van der Waals surface area (Å²) in [5.74, 6) is -0.336. The fourth-order valence-corrected chi connectivity index (χ4v) is 1.14. The highest BCUT2D eigenvalue weighted by Crippen LogP contribution is 2.28. The van der Waals surface area contributed by atoms with E-state index in [9.17, 15) is 9.50 Å². The van der Waals surface area contributed by atoms with E-state index < -0.39 is 0 Å². The van der Waals surface area contributed by atoms with Gasteiger partial charge < -0.3 is 5.11 Å². The summed E-state index contributed by atoms with van der Waals surface area (Å²) in [6.07, 6.45) is 3.11. The number of rotatable bonds is 1. The van der Waals surface area contributed by atoms with E-state index >= 15 is 0 Å². The highest BCUT2D eigenvalue weighted by molar-refractivity contribution is 5.68. The van der Waals surface area contributed by atoms with Crippen LogP contribution in [0.25, 0.3) is 11.1 Å². The molecule has 2 rings (SSSR count). The fourth-order valence-electron chi connectivity index (χ4n) is 1.14. The molecule has 0 amide bonds. The maximum Gasteiger partial charge on any atom is 0.124 e. The summed E-state index contributed by atoms with van der Waals surface area (Å²) >= 11 is 0. The molecule has 0 radical (unpaired) electrons. The number of H-pyrrole nitrogens is 1. The van der Waals surface area contributed by atoms with Crippen molar-refractivity contribution in [2.24, 2.45) is 0 Å². The second-order valence-electron chi connectivity index (χ2n) is 2.65. The molecule has 2 N–H and O–H groups in total. The number of phenolic OH excluding ortho intramolecular Hbond substituents is 1. The SMILES string of the molecule is Oc1ccc(F)cc1-c1cn[nH]c1. The van der Waals surface area contributed by atoms with Gasteiger partial charge in [-0.05, 0) is 18.2 Å². The molecule has 0 unspecified atom stereocenters. The predicted octanol–water partition coefficient (Wildman–Crippen LogP) is 1.92. The Morgan fingerprint density at radius 2 is 2.23 bits per heavy atom. The van der Waals surface area contributed by atoms with Crippen LogP contribution in [0, 0.1) is 5.82 Å². The molecule has 0 fully saturated rings. The Balaban J connectivity index is 2.57. The number of halogens is 1. The summed E-state index contributed by atoms with van der Waals surface area (Å²) in [6.45, 7) is 0. The van der Waals surface area contributed by atoms with Crippen LogP contribution in [-0.2, 0) is 0 Å². The zero-order valence-corrected chi connectivity index (χ0v) is 6.66. The number of nitrogens with one attached hydrogen (secondary N) is 1. The van der Waals surface area contributed by atoms with Gasteiger partial charge in [-0.1, -0.05) is 0 Å². The van der Waals surface area contributed by atoms with E-state index in [1.807, 2.05) is 0 Å². The Kier molecular flexibility index (Phi) is 1.73. The van der Waals surface area contributed by atoms with Gasteiger partial charge in [-0.15, -0.1) is 0 Å². The van der Waals surface area contributed by atoms with Crippen molar-refractivity contribution in [1.29, 1.82) is 0 Å². The van der Waals surface area contributed by atoms with Gasteiger partial charge in [-0.3, -0.25) is 5.10 Å². The van der Waals surface area contributed by atoms with Gasteiger partial charge in [0.15, 0.2) is 0 Å². The smallest absolute Gasteiger partial charge is 0.124 e. The standard InChI is InChI=1S/C9H7FN2O/c10-7-1-2-9(13)8(3-7)6-4-11-12-5-6/h1-5,13H,(H,11,12). The van der Waals surface area contributed by atoms with Crippen LogP contribution in [0.2, 0.25) is 0 Å². The summed E-state index contributed by atoms with van der Waals surface area (Å²) < 4.78 is 12.8. The first-order chi connectivity index (χ1) is 6.27. The number of aromatic nitrogens is 2. The normalized spacial score (nSPS) is 10.2. The number of aromatic amines is 1. The molecule has 3 nitrogen and oxygen atoms in total. The molecule has 0 bridgehead atoms. The van der Waals surface area contributed by atoms with Crippen LogP contribution in [-0.4, -0.2) is 15.3 Å². The van der Waals surface area contributed by atoms with E-state index in [-0.39, 0.29) is 11.6 Å². The van der Waals surface area contributed by atoms with Crippen molar-refractivity contribution in [1.82, 2.24) is 10.2 Å². The molecule has 0 aliphatic heterocycles. The van der Waals surface area contributed by atoms with Gasteiger partial charge in [0.25, 0.3) is 0 Å². The topological polar surface area (TPSA) is 48.9 Å². The van der Waals surface area contributed by atoms with Crippen LogP contribution in [0.1, 0.15) is 0 Å². The minimum Gasteiger partial charge on any atom is -0.507 e. The number of hydrogen-bond donors (Lipinski definition) is 2. The Bertz CT molecular complexity index is 412. The molecule has 0 spiro atoms. The second kappa shape index (κ2) is 2.90. The van der Waals surface area contributed by atoms with E-state index in [0.29, 0.717) is 11.1 Å². The molecular weight excluding hydrogens is 171 g/mol. The van der Waals surface area contributed by atoms with E-state index in [0.717, 1.165) is 0 Å². The second-order valence-corrected chi connectivity index (χ2v) is 2.65. The molecule has 0 aliphatic rings. The lowest BCUT2D eigenvalue weighted by Gasteiger charge is -2.00. The first-order valence-corrected chi connectivity index (χ1v) is 3.75. The van der Waals surface area contributed by atoms with Crippen molar-refractivity contribution in [3.63, 3.8) is 0 Å². The number of nitrogens with zero attached hydrogens (tertiary/aromatic N) is 1. The van der Waals surface area contributed by atoms with Crippen LogP contribution in [0.3, 0.4) is 0 Å². The summed E-state index contributed by atoms with van der Waals surface area (Å²) in [5, 5.41) is 15.7. The summed E-state index contributed by atoms with van der Waals surface area (Å²) in [5.41, 5.74) is 1.10. The van der Waals surface area contributed by atoms with E-state index in [4.69, 9.17) is 0 Å². The molecule has 0 saturated carbocycles. The molecule has 0 aliphatic carbocycles. The maximum absolute atomic E-state index is 12.8. The average molecular weight is 178 g/mol. The largest absolute Gasteiger partial charge is 0.507 e. The zero-order valence-electron chi connectivity index (χ0n) is 6.66. The molecule has 13 heavy (non-hydrogen) atoms. The summed E-state index contributed by atoms with van der Waals surface area (Å²) in [4.78, 5) is 0. The van der Waals surface area contributed by atoms with Crippen LogP contribution in [0.15, 0.2) is 30.6 Å².